The minimum absolute atomic E-state index is 0.102. The number of rotatable bonds is 9. The van der Waals surface area contributed by atoms with Gasteiger partial charge >= 0.3 is 0 Å². The van der Waals surface area contributed by atoms with Crippen LogP contribution >= 0.6 is 0 Å². The lowest BCUT2D eigenvalue weighted by atomic mass is 9.96. The Labute approximate surface area is 352 Å². The Morgan fingerprint density at radius 3 is 1.32 bits per heavy atom. The number of hydrogen-bond donors (Lipinski definition) is 0. The molecule has 0 radical (unpaired) electrons. The van der Waals surface area contributed by atoms with Gasteiger partial charge in [0.05, 0.1) is 11.2 Å². The Morgan fingerprint density at radius 2 is 0.678 bits per heavy atom. The van der Waals surface area contributed by atoms with Gasteiger partial charge in [0.2, 0.25) is 0 Å². The summed E-state index contributed by atoms with van der Waals surface area (Å²) < 4.78 is 38.1. The van der Waals surface area contributed by atoms with Crippen LogP contribution in [-0.4, -0.2) is 0 Å². The van der Waals surface area contributed by atoms with Crippen LogP contribution in [0.2, 0.25) is 0 Å². The van der Waals surface area contributed by atoms with E-state index in [9.17, 15) is 5.48 Å². The standard InChI is InChI=1S/C58H41N/c1-3-12-42(13-4-1)45-22-24-47(25-23-45)48-32-36-55(37-33-48)59(58-21-10-9-20-57(58)50-29-26-46(27-30-50)43-14-5-2-6-15-43)56-38-34-49(35-39-56)52-18-11-19-53(40-52)54-31-28-44-16-7-8-17-51(44)41-54/h1-41H/i32D,33D,36D,37D. The lowest BCUT2D eigenvalue weighted by molar-refractivity contribution is 1.28. The van der Waals surface area contributed by atoms with Gasteiger partial charge in [-0.2, -0.15) is 0 Å². The molecule has 0 aromatic heterocycles. The molecule has 0 aliphatic carbocycles. The molecule has 0 amide bonds. The third-order valence-electron chi connectivity index (χ3n) is 11.0. The SMILES string of the molecule is [2H]c1c([2H])c(N(c2ccc(-c3cccc(-c4ccc5ccccc5c4)c3)cc2)c2ccccc2-c2ccc(-c3ccccc3)cc2)c([2H])c([2H])c1-c1ccc(-c2ccccc2)cc1. The summed E-state index contributed by atoms with van der Waals surface area (Å²) in [5.41, 5.74) is 13.0. The summed E-state index contributed by atoms with van der Waals surface area (Å²) in [4.78, 5) is 1.89. The Bertz CT molecular complexity index is 3210. The van der Waals surface area contributed by atoms with Gasteiger partial charge in [0.1, 0.15) is 0 Å². The van der Waals surface area contributed by atoms with E-state index in [-0.39, 0.29) is 35.4 Å². The Hall–Kier alpha value is -7.74. The summed E-state index contributed by atoms with van der Waals surface area (Å²) in [6.45, 7) is 0. The van der Waals surface area contributed by atoms with Gasteiger partial charge in [-0.25, -0.2) is 0 Å². The highest BCUT2D eigenvalue weighted by Crippen LogP contribution is 2.42. The molecule has 0 atom stereocenters. The molecular weight excluding hydrogens is 711 g/mol. The zero-order valence-corrected chi connectivity index (χ0v) is 32.3. The predicted octanol–water partition coefficient (Wildman–Crippen LogP) is 16.3. The minimum Gasteiger partial charge on any atom is -0.310 e. The molecule has 0 saturated heterocycles. The van der Waals surface area contributed by atoms with Crippen LogP contribution in [0.15, 0.2) is 249 Å². The molecule has 0 fully saturated rings. The Balaban J connectivity index is 1.08. The van der Waals surface area contributed by atoms with Crippen molar-refractivity contribution >= 4 is 27.8 Å². The van der Waals surface area contributed by atoms with E-state index in [1.165, 1.54) is 10.8 Å². The first-order valence-corrected chi connectivity index (χ1v) is 19.9. The van der Waals surface area contributed by atoms with E-state index in [2.05, 4.69) is 115 Å². The average Bonchev–Trinajstić information content (AvgIpc) is 3.35. The van der Waals surface area contributed by atoms with Crippen LogP contribution in [0.1, 0.15) is 5.48 Å². The Kier molecular flexibility index (Phi) is 8.51. The summed E-state index contributed by atoms with van der Waals surface area (Å²) in [6.07, 6.45) is 0. The fourth-order valence-corrected chi connectivity index (χ4v) is 7.85. The van der Waals surface area contributed by atoms with Crippen molar-refractivity contribution in [2.24, 2.45) is 0 Å². The van der Waals surface area contributed by atoms with Crippen LogP contribution in [0.5, 0.6) is 0 Å². The molecule has 0 heterocycles. The first-order valence-electron chi connectivity index (χ1n) is 21.9. The fraction of sp³-hybridized carbons (Fsp3) is 0. The number of fused-ring (bicyclic) bond motifs is 1. The van der Waals surface area contributed by atoms with Crippen LogP contribution in [0.25, 0.3) is 77.5 Å². The number of hydrogen-bond acceptors (Lipinski definition) is 1. The highest BCUT2D eigenvalue weighted by Gasteiger charge is 2.18. The van der Waals surface area contributed by atoms with E-state index in [0.717, 1.165) is 61.3 Å². The van der Waals surface area contributed by atoms with Gasteiger partial charge in [-0.1, -0.05) is 206 Å². The van der Waals surface area contributed by atoms with Crippen molar-refractivity contribution < 1.29 is 5.48 Å². The van der Waals surface area contributed by atoms with Gasteiger partial charge in [0.25, 0.3) is 0 Å². The minimum atomic E-state index is -0.125. The second kappa shape index (κ2) is 16.0. The number of nitrogens with zero attached hydrogens (tertiary/aromatic N) is 1. The van der Waals surface area contributed by atoms with Gasteiger partial charge in [0, 0.05) is 16.9 Å². The summed E-state index contributed by atoms with van der Waals surface area (Å²) >= 11 is 0. The van der Waals surface area contributed by atoms with Crippen molar-refractivity contribution in [3.8, 4) is 66.8 Å². The number of para-hydroxylation sites is 1. The van der Waals surface area contributed by atoms with E-state index in [4.69, 9.17) is 0 Å². The molecule has 1 heteroatoms. The second-order valence-electron chi connectivity index (χ2n) is 14.7. The molecule has 0 aliphatic rings. The van der Waals surface area contributed by atoms with Gasteiger partial charge in [-0.3, -0.25) is 0 Å². The summed E-state index contributed by atoms with van der Waals surface area (Å²) in [5, 5.41) is 2.40. The molecule has 0 bridgehead atoms. The maximum Gasteiger partial charge on any atom is 0.0645 e. The van der Waals surface area contributed by atoms with Crippen molar-refractivity contribution in [1.82, 2.24) is 0 Å². The largest absolute Gasteiger partial charge is 0.310 e. The molecule has 278 valence electrons. The predicted molar refractivity (Wildman–Crippen MR) is 251 cm³/mol. The van der Waals surface area contributed by atoms with E-state index in [1.807, 2.05) is 114 Å². The maximum atomic E-state index is 9.63. The molecule has 0 aliphatic heterocycles. The number of anilines is 3. The maximum absolute atomic E-state index is 9.63. The average molecular weight is 756 g/mol. The van der Waals surface area contributed by atoms with E-state index in [1.54, 1.807) is 0 Å². The lowest BCUT2D eigenvalue weighted by Gasteiger charge is -2.28. The highest BCUT2D eigenvalue weighted by molar-refractivity contribution is 5.91. The van der Waals surface area contributed by atoms with Gasteiger partial charge in [-0.05, 0) is 114 Å². The molecule has 0 N–H and O–H groups in total. The third kappa shape index (κ3) is 7.46. The monoisotopic (exact) mass is 755 g/mol. The summed E-state index contributed by atoms with van der Waals surface area (Å²) in [7, 11) is 0. The van der Waals surface area contributed by atoms with E-state index < -0.39 is 0 Å². The Morgan fingerprint density at radius 1 is 0.254 bits per heavy atom. The molecule has 0 saturated carbocycles. The van der Waals surface area contributed by atoms with Crippen molar-refractivity contribution in [2.45, 2.75) is 0 Å². The molecule has 59 heavy (non-hydrogen) atoms. The summed E-state index contributed by atoms with van der Waals surface area (Å²) in [6, 6.07) is 75.6. The van der Waals surface area contributed by atoms with Crippen LogP contribution in [-0.2, 0) is 0 Å². The topological polar surface area (TPSA) is 3.24 Å². The van der Waals surface area contributed by atoms with E-state index >= 15 is 0 Å². The smallest absolute Gasteiger partial charge is 0.0645 e. The zero-order chi connectivity index (χ0) is 42.9. The number of benzene rings is 10. The van der Waals surface area contributed by atoms with E-state index in [0.29, 0.717) is 11.3 Å². The van der Waals surface area contributed by atoms with Gasteiger partial charge in [0.15, 0.2) is 0 Å². The first kappa shape index (κ1) is 31.4. The molecule has 10 rings (SSSR count). The van der Waals surface area contributed by atoms with Gasteiger partial charge in [-0.15, -0.1) is 0 Å². The quantitative estimate of drug-likeness (QED) is 0.142. The highest BCUT2D eigenvalue weighted by atomic mass is 15.1. The molecule has 10 aromatic carbocycles. The molecule has 1 nitrogen and oxygen atoms in total. The van der Waals surface area contributed by atoms with Crippen molar-refractivity contribution in [2.75, 3.05) is 4.90 Å². The fourth-order valence-electron chi connectivity index (χ4n) is 7.85. The zero-order valence-electron chi connectivity index (χ0n) is 36.3. The van der Waals surface area contributed by atoms with Crippen molar-refractivity contribution in [3.05, 3.63) is 249 Å². The molecule has 0 unspecified atom stereocenters. The normalized spacial score (nSPS) is 12.0. The van der Waals surface area contributed by atoms with Crippen molar-refractivity contribution in [3.63, 3.8) is 0 Å². The van der Waals surface area contributed by atoms with Crippen LogP contribution in [0.3, 0.4) is 0 Å². The van der Waals surface area contributed by atoms with Gasteiger partial charge < -0.3 is 4.90 Å². The second-order valence-corrected chi connectivity index (χ2v) is 14.7. The van der Waals surface area contributed by atoms with Crippen LogP contribution in [0.4, 0.5) is 17.1 Å². The van der Waals surface area contributed by atoms with Crippen LogP contribution < -0.4 is 4.90 Å². The molecule has 10 aromatic rings. The first-order chi connectivity index (χ1) is 30.9. The molecule has 0 spiro atoms. The third-order valence-corrected chi connectivity index (χ3v) is 11.0. The lowest BCUT2D eigenvalue weighted by Crippen LogP contribution is -2.11. The van der Waals surface area contributed by atoms with Crippen molar-refractivity contribution in [1.29, 1.82) is 0 Å². The molecular formula is C58H41N. The summed E-state index contributed by atoms with van der Waals surface area (Å²) in [5.74, 6) is 0. The van der Waals surface area contributed by atoms with Crippen LogP contribution in [0, 0.1) is 0 Å².